The zero-order valence-corrected chi connectivity index (χ0v) is 15.1. The summed E-state index contributed by atoms with van der Waals surface area (Å²) in [5.74, 6) is 1.57. The smallest absolute Gasteiger partial charge is 0.308 e. The average molecular weight is 338 g/mol. The third-order valence-electron chi connectivity index (χ3n) is 5.15. The van der Waals surface area contributed by atoms with Crippen molar-refractivity contribution < 1.29 is 14.3 Å². The topological polar surface area (TPSA) is 74.2 Å². The first kappa shape index (κ1) is 18.5. The van der Waals surface area contributed by atoms with E-state index in [0.717, 1.165) is 64.4 Å². The number of ether oxygens (including phenoxy) is 1. The van der Waals surface area contributed by atoms with Crippen molar-refractivity contribution in [3.63, 3.8) is 0 Å². The van der Waals surface area contributed by atoms with Crippen molar-refractivity contribution in [3.8, 4) is 0 Å². The van der Waals surface area contributed by atoms with Gasteiger partial charge in [0, 0.05) is 46.7 Å². The van der Waals surface area contributed by atoms with Gasteiger partial charge in [0.1, 0.15) is 0 Å². The van der Waals surface area contributed by atoms with Gasteiger partial charge in [0.15, 0.2) is 5.96 Å². The first-order chi connectivity index (χ1) is 11.5. The molecule has 2 heterocycles. The lowest BCUT2D eigenvalue weighted by Crippen LogP contribution is -2.48. The van der Waals surface area contributed by atoms with E-state index in [2.05, 4.69) is 15.2 Å². The van der Waals surface area contributed by atoms with Crippen LogP contribution in [0.15, 0.2) is 4.99 Å². The fraction of sp³-hybridized carbons (Fsp3) is 0.824. The molecule has 0 spiro atoms. The summed E-state index contributed by atoms with van der Waals surface area (Å²) in [7, 11) is 3.25. The van der Waals surface area contributed by atoms with E-state index in [0.29, 0.717) is 5.92 Å². The highest BCUT2D eigenvalue weighted by Crippen LogP contribution is 2.19. The van der Waals surface area contributed by atoms with E-state index in [9.17, 15) is 9.59 Å². The van der Waals surface area contributed by atoms with Crippen LogP contribution >= 0.6 is 0 Å². The Bertz CT molecular complexity index is 464. The van der Waals surface area contributed by atoms with Crippen LogP contribution in [0, 0.1) is 11.8 Å². The fourth-order valence-corrected chi connectivity index (χ4v) is 3.51. The van der Waals surface area contributed by atoms with E-state index in [4.69, 9.17) is 4.74 Å². The van der Waals surface area contributed by atoms with Gasteiger partial charge in [0.05, 0.1) is 13.0 Å². The molecule has 0 aromatic carbocycles. The van der Waals surface area contributed by atoms with E-state index < -0.39 is 0 Å². The van der Waals surface area contributed by atoms with Crippen molar-refractivity contribution in [1.82, 2.24) is 15.1 Å². The molecule has 1 amide bonds. The van der Waals surface area contributed by atoms with E-state index in [1.54, 1.807) is 14.0 Å². The van der Waals surface area contributed by atoms with Gasteiger partial charge in [0.25, 0.3) is 0 Å². The van der Waals surface area contributed by atoms with Crippen LogP contribution in [0.4, 0.5) is 0 Å². The highest BCUT2D eigenvalue weighted by atomic mass is 16.5. The van der Waals surface area contributed by atoms with Gasteiger partial charge in [-0.3, -0.25) is 14.6 Å². The maximum Gasteiger partial charge on any atom is 0.308 e. The van der Waals surface area contributed by atoms with Crippen LogP contribution < -0.4 is 5.32 Å². The Kier molecular flexibility index (Phi) is 6.87. The minimum absolute atomic E-state index is 0.0141. The number of nitrogens with one attached hydrogen (secondary N) is 1. The number of piperidine rings is 2. The first-order valence-corrected chi connectivity index (χ1v) is 8.84. The third kappa shape index (κ3) is 4.85. The molecule has 7 nitrogen and oxygen atoms in total. The second-order valence-corrected chi connectivity index (χ2v) is 6.66. The molecule has 0 saturated carbocycles. The molecule has 24 heavy (non-hydrogen) atoms. The van der Waals surface area contributed by atoms with Gasteiger partial charge in [-0.25, -0.2) is 0 Å². The summed E-state index contributed by atoms with van der Waals surface area (Å²) in [5.41, 5.74) is 0. The lowest BCUT2D eigenvalue weighted by molar-refractivity contribution is -0.146. The van der Waals surface area contributed by atoms with Crippen LogP contribution in [-0.2, 0) is 14.3 Å². The van der Waals surface area contributed by atoms with Crippen LogP contribution in [0.2, 0.25) is 0 Å². The maximum atomic E-state index is 11.6. The molecule has 0 aromatic rings. The predicted molar refractivity (Wildman–Crippen MR) is 92.7 cm³/mol. The van der Waals surface area contributed by atoms with Crippen LogP contribution in [0.1, 0.15) is 32.6 Å². The molecule has 2 aliphatic heterocycles. The van der Waals surface area contributed by atoms with Crippen LogP contribution in [0.5, 0.6) is 0 Å². The number of hydrogen-bond acceptors (Lipinski definition) is 4. The van der Waals surface area contributed by atoms with Gasteiger partial charge < -0.3 is 19.9 Å². The minimum Gasteiger partial charge on any atom is -0.469 e. The Morgan fingerprint density at radius 2 is 1.67 bits per heavy atom. The number of esters is 1. The van der Waals surface area contributed by atoms with Crippen LogP contribution in [-0.4, -0.2) is 74.5 Å². The zero-order valence-electron chi connectivity index (χ0n) is 15.1. The monoisotopic (exact) mass is 338 g/mol. The largest absolute Gasteiger partial charge is 0.469 e. The SMILES string of the molecule is CN=C(NCC1CCN(C(C)=O)CC1)N1CCC(C(=O)OC)CC1. The molecule has 2 fully saturated rings. The Labute approximate surface area is 144 Å². The summed E-state index contributed by atoms with van der Waals surface area (Å²) in [6.07, 6.45) is 3.69. The number of amides is 1. The summed E-state index contributed by atoms with van der Waals surface area (Å²) in [4.78, 5) is 31.5. The fourth-order valence-electron chi connectivity index (χ4n) is 3.51. The van der Waals surface area contributed by atoms with E-state index in [1.807, 2.05) is 4.90 Å². The summed E-state index contributed by atoms with van der Waals surface area (Å²) >= 11 is 0. The normalized spacial score (nSPS) is 20.9. The molecular weight excluding hydrogens is 308 g/mol. The molecule has 0 unspecified atom stereocenters. The Hall–Kier alpha value is -1.79. The van der Waals surface area contributed by atoms with Gasteiger partial charge >= 0.3 is 5.97 Å². The van der Waals surface area contributed by atoms with Gasteiger partial charge in [-0.1, -0.05) is 0 Å². The van der Waals surface area contributed by atoms with Crippen molar-refractivity contribution in [2.24, 2.45) is 16.8 Å². The Morgan fingerprint density at radius 3 is 2.17 bits per heavy atom. The molecule has 136 valence electrons. The van der Waals surface area contributed by atoms with Gasteiger partial charge in [-0.05, 0) is 31.6 Å². The maximum absolute atomic E-state index is 11.6. The number of carbonyl (C=O) groups is 2. The molecule has 0 atom stereocenters. The second kappa shape index (κ2) is 8.89. The van der Waals surface area contributed by atoms with Crippen molar-refractivity contribution in [1.29, 1.82) is 0 Å². The molecule has 2 saturated heterocycles. The number of aliphatic imine (C=N–C) groups is 1. The number of hydrogen-bond donors (Lipinski definition) is 1. The summed E-state index contributed by atoms with van der Waals surface area (Å²) < 4.78 is 4.83. The summed E-state index contributed by atoms with van der Waals surface area (Å²) in [6, 6.07) is 0. The Balaban J connectivity index is 1.74. The molecule has 1 N–H and O–H groups in total. The quantitative estimate of drug-likeness (QED) is 0.466. The average Bonchev–Trinajstić information content (AvgIpc) is 2.62. The molecule has 2 rings (SSSR count). The Morgan fingerprint density at radius 1 is 1.08 bits per heavy atom. The van der Waals surface area contributed by atoms with E-state index in [-0.39, 0.29) is 17.8 Å². The number of nitrogens with zero attached hydrogens (tertiary/aromatic N) is 3. The van der Waals surface area contributed by atoms with E-state index >= 15 is 0 Å². The van der Waals surface area contributed by atoms with Crippen molar-refractivity contribution >= 4 is 17.8 Å². The van der Waals surface area contributed by atoms with Crippen molar-refractivity contribution in [3.05, 3.63) is 0 Å². The molecule has 7 heteroatoms. The number of likely N-dealkylation sites (tertiary alicyclic amines) is 2. The van der Waals surface area contributed by atoms with Gasteiger partial charge in [0.2, 0.25) is 5.91 Å². The molecular formula is C17H30N4O3. The lowest BCUT2D eigenvalue weighted by atomic mass is 9.96. The minimum atomic E-state index is -0.102. The summed E-state index contributed by atoms with van der Waals surface area (Å²) in [5, 5.41) is 3.47. The number of guanidine groups is 1. The van der Waals surface area contributed by atoms with Gasteiger partial charge in [-0.2, -0.15) is 0 Å². The molecule has 0 aliphatic carbocycles. The van der Waals surface area contributed by atoms with Crippen LogP contribution in [0.3, 0.4) is 0 Å². The molecule has 2 aliphatic rings. The number of methoxy groups -OCH3 is 1. The van der Waals surface area contributed by atoms with Gasteiger partial charge in [-0.15, -0.1) is 0 Å². The molecule has 0 bridgehead atoms. The highest BCUT2D eigenvalue weighted by molar-refractivity contribution is 5.80. The summed E-state index contributed by atoms with van der Waals surface area (Å²) in [6.45, 7) is 5.87. The number of rotatable bonds is 3. The van der Waals surface area contributed by atoms with E-state index in [1.165, 1.54) is 7.11 Å². The molecule has 0 aromatic heterocycles. The van der Waals surface area contributed by atoms with Crippen molar-refractivity contribution in [2.75, 3.05) is 46.9 Å². The number of carbonyl (C=O) groups excluding carboxylic acids is 2. The predicted octanol–water partition coefficient (Wildman–Crippen LogP) is 0.705. The second-order valence-electron chi connectivity index (χ2n) is 6.66. The van der Waals surface area contributed by atoms with Crippen LogP contribution in [0.25, 0.3) is 0 Å². The first-order valence-electron chi connectivity index (χ1n) is 8.84. The zero-order chi connectivity index (χ0) is 17.5. The standard InChI is InChI=1S/C17H30N4O3/c1-13(22)20-8-4-14(5-9-20)12-19-17(18-2)21-10-6-15(7-11-21)16(23)24-3/h14-15H,4-12H2,1-3H3,(H,18,19). The lowest BCUT2D eigenvalue weighted by Gasteiger charge is -2.35. The van der Waals surface area contributed by atoms with Crippen molar-refractivity contribution in [2.45, 2.75) is 32.6 Å². The molecule has 0 radical (unpaired) electrons. The highest BCUT2D eigenvalue weighted by Gasteiger charge is 2.27. The third-order valence-corrected chi connectivity index (χ3v) is 5.15.